The summed E-state index contributed by atoms with van der Waals surface area (Å²) in [7, 11) is 0. The van der Waals surface area contributed by atoms with Crippen LogP contribution in [0.2, 0.25) is 0 Å². The van der Waals surface area contributed by atoms with Gasteiger partial charge in [0.1, 0.15) is 17.8 Å². The number of alkyl halides is 3. The predicted molar refractivity (Wildman–Crippen MR) is 112 cm³/mol. The summed E-state index contributed by atoms with van der Waals surface area (Å²) >= 11 is 0. The topological polar surface area (TPSA) is 70.3 Å². The number of aromatic nitrogens is 2. The maximum Gasteiger partial charge on any atom is 0.416 e. The molecule has 10 heteroatoms. The summed E-state index contributed by atoms with van der Waals surface area (Å²) in [6.45, 7) is 2.71. The zero-order valence-electron chi connectivity index (χ0n) is 16.4. The Bertz CT molecular complexity index is 1030. The standard InChI is InChI=1S/C21H20F4N6/c22-15-3-7-17(8-4-15)30-9-11-31(12-10-30)20-18(26)19(27-13-28-20)29-16-5-1-14(2-6-16)21(23,24)25/h1-8,13H,9-12,26H2,(H,27,28,29). The lowest BCUT2D eigenvalue weighted by Gasteiger charge is -2.37. The molecule has 0 amide bonds. The van der Waals surface area contributed by atoms with Crippen LogP contribution in [0.15, 0.2) is 54.9 Å². The summed E-state index contributed by atoms with van der Waals surface area (Å²) in [5.74, 6) is 0.609. The lowest BCUT2D eigenvalue weighted by atomic mass is 10.2. The van der Waals surface area contributed by atoms with Crippen LogP contribution in [-0.2, 0) is 6.18 Å². The monoisotopic (exact) mass is 432 g/mol. The van der Waals surface area contributed by atoms with E-state index in [2.05, 4.69) is 20.2 Å². The fourth-order valence-electron chi connectivity index (χ4n) is 3.45. The number of hydrogen-bond donors (Lipinski definition) is 2. The number of benzene rings is 2. The van der Waals surface area contributed by atoms with Crippen LogP contribution in [0.1, 0.15) is 5.56 Å². The quantitative estimate of drug-likeness (QED) is 0.600. The summed E-state index contributed by atoms with van der Waals surface area (Å²) in [6.07, 6.45) is -3.03. The van der Waals surface area contributed by atoms with Crippen molar-refractivity contribution in [2.45, 2.75) is 6.18 Å². The van der Waals surface area contributed by atoms with E-state index in [1.807, 2.05) is 4.90 Å². The molecule has 0 bridgehead atoms. The van der Waals surface area contributed by atoms with Crippen molar-refractivity contribution in [2.24, 2.45) is 0 Å². The molecule has 0 atom stereocenters. The normalized spacial score (nSPS) is 14.6. The van der Waals surface area contributed by atoms with Gasteiger partial charge >= 0.3 is 6.18 Å². The van der Waals surface area contributed by atoms with Gasteiger partial charge in [0.25, 0.3) is 0 Å². The number of anilines is 5. The molecule has 2 aromatic carbocycles. The van der Waals surface area contributed by atoms with Gasteiger partial charge in [-0.25, -0.2) is 14.4 Å². The van der Waals surface area contributed by atoms with Crippen LogP contribution < -0.4 is 20.9 Å². The first-order chi connectivity index (χ1) is 14.8. The van der Waals surface area contributed by atoms with Crippen molar-refractivity contribution in [3.8, 4) is 0 Å². The molecule has 0 saturated carbocycles. The average molecular weight is 432 g/mol. The summed E-state index contributed by atoms with van der Waals surface area (Å²) in [5.41, 5.74) is 7.23. The molecule has 31 heavy (non-hydrogen) atoms. The number of nitrogens with two attached hydrogens (primary N) is 1. The second kappa shape index (κ2) is 8.29. The van der Waals surface area contributed by atoms with E-state index in [0.29, 0.717) is 49.2 Å². The Morgan fingerprint density at radius 2 is 1.45 bits per heavy atom. The second-order valence-electron chi connectivity index (χ2n) is 7.11. The lowest BCUT2D eigenvalue weighted by molar-refractivity contribution is -0.137. The molecular weight excluding hydrogens is 412 g/mol. The largest absolute Gasteiger partial charge is 0.416 e. The molecule has 1 fully saturated rings. The molecule has 2 heterocycles. The SMILES string of the molecule is Nc1c(Nc2ccc(C(F)(F)F)cc2)ncnc1N1CCN(c2ccc(F)cc2)CC1. The third-order valence-electron chi connectivity index (χ3n) is 5.11. The van der Waals surface area contributed by atoms with Crippen molar-refractivity contribution < 1.29 is 17.6 Å². The van der Waals surface area contributed by atoms with Crippen molar-refractivity contribution in [1.82, 2.24) is 9.97 Å². The van der Waals surface area contributed by atoms with Gasteiger partial charge in [-0.15, -0.1) is 0 Å². The molecule has 4 rings (SSSR count). The van der Waals surface area contributed by atoms with E-state index in [-0.39, 0.29) is 5.82 Å². The van der Waals surface area contributed by atoms with Gasteiger partial charge in [-0.3, -0.25) is 0 Å². The molecule has 0 spiro atoms. The molecule has 3 aromatic rings. The van der Waals surface area contributed by atoms with Crippen LogP contribution in [0.25, 0.3) is 0 Å². The van der Waals surface area contributed by atoms with E-state index in [0.717, 1.165) is 17.8 Å². The maximum atomic E-state index is 13.1. The van der Waals surface area contributed by atoms with Crippen LogP contribution in [-0.4, -0.2) is 36.1 Å². The molecular formula is C21H20F4N6. The number of hydrogen-bond acceptors (Lipinski definition) is 6. The molecule has 0 aliphatic carbocycles. The smallest absolute Gasteiger partial charge is 0.393 e. The Hall–Kier alpha value is -3.56. The van der Waals surface area contributed by atoms with Crippen molar-refractivity contribution >= 4 is 28.7 Å². The highest BCUT2D eigenvalue weighted by molar-refractivity contribution is 5.78. The number of nitrogens with zero attached hydrogens (tertiary/aromatic N) is 4. The number of halogens is 4. The highest BCUT2D eigenvalue weighted by Crippen LogP contribution is 2.32. The maximum absolute atomic E-state index is 13.1. The van der Waals surface area contributed by atoms with Gasteiger partial charge in [0.05, 0.1) is 5.56 Å². The molecule has 1 aromatic heterocycles. The van der Waals surface area contributed by atoms with Gasteiger partial charge in [-0.1, -0.05) is 0 Å². The number of rotatable bonds is 4. The number of piperazine rings is 1. The van der Waals surface area contributed by atoms with Crippen LogP contribution in [0.5, 0.6) is 0 Å². The second-order valence-corrected chi connectivity index (χ2v) is 7.11. The lowest BCUT2D eigenvalue weighted by Crippen LogP contribution is -2.47. The Kier molecular flexibility index (Phi) is 5.53. The van der Waals surface area contributed by atoms with Crippen molar-refractivity contribution in [2.75, 3.05) is 47.0 Å². The highest BCUT2D eigenvalue weighted by Gasteiger charge is 2.30. The van der Waals surface area contributed by atoms with E-state index in [1.54, 1.807) is 12.1 Å². The molecule has 3 N–H and O–H groups in total. The Labute approximate surface area is 176 Å². The first-order valence-corrected chi connectivity index (χ1v) is 9.61. The van der Waals surface area contributed by atoms with E-state index >= 15 is 0 Å². The predicted octanol–water partition coefficient (Wildman–Crippen LogP) is 4.29. The number of nitrogens with one attached hydrogen (secondary N) is 1. The average Bonchev–Trinajstić information content (AvgIpc) is 2.76. The fourth-order valence-corrected chi connectivity index (χ4v) is 3.45. The molecule has 6 nitrogen and oxygen atoms in total. The fraction of sp³-hybridized carbons (Fsp3) is 0.238. The van der Waals surface area contributed by atoms with Gasteiger partial charge in [-0.05, 0) is 48.5 Å². The zero-order chi connectivity index (χ0) is 22.0. The van der Waals surface area contributed by atoms with E-state index < -0.39 is 11.7 Å². The summed E-state index contributed by atoms with van der Waals surface area (Å²) < 4.78 is 51.3. The summed E-state index contributed by atoms with van der Waals surface area (Å²) in [6, 6.07) is 11.0. The molecule has 162 valence electrons. The molecule has 1 aliphatic heterocycles. The van der Waals surface area contributed by atoms with Crippen molar-refractivity contribution in [1.29, 1.82) is 0 Å². The first kappa shape index (κ1) is 20.7. The van der Waals surface area contributed by atoms with E-state index in [4.69, 9.17) is 5.73 Å². The Morgan fingerprint density at radius 3 is 2.06 bits per heavy atom. The highest BCUT2D eigenvalue weighted by atomic mass is 19.4. The van der Waals surface area contributed by atoms with Gasteiger partial charge in [0.2, 0.25) is 0 Å². The van der Waals surface area contributed by atoms with Gasteiger partial charge < -0.3 is 20.9 Å². The molecule has 1 aliphatic rings. The van der Waals surface area contributed by atoms with Crippen molar-refractivity contribution in [3.63, 3.8) is 0 Å². The van der Waals surface area contributed by atoms with Crippen molar-refractivity contribution in [3.05, 3.63) is 66.2 Å². The Balaban J connectivity index is 1.45. The van der Waals surface area contributed by atoms with Gasteiger partial charge in [0.15, 0.2) is 11.6 Å². The third-order valence-corrected chi connectivity index (χ3v) is 5.11. The minimum atomic E-state index is -4.39. The molecule has 0 unspecified atom stereocenters. The third kappa shape index (κ3) is 4.62. The number of nitrogen functional groups attached to an aromatic ring is 1. The minimum absolute atomic E-state index is 0.274. The molecule has 0 radical (unpaired) electrons. The Morgan fingerprint density at radius 1 is 0.839 bits per heavy atom. The zero-order valence-corrected chi connectivity index (χ0v) is 16.4. The van der Waals surface area contributed by atoms with E-state index in [9.17, 15) is 17.6 Å². The van der Waals surface area contributed by atoms with Crippen LogP contribution in [0.3, 0.4) is 0 Å². The van der Waals surface area contributed by atoms with Crippen LogP contribution >= 0.6 is 0 Å². The van der Waals surface area contributed by atoms with Crippen LogP contribution in [0.4, 0.5) is 46.3 Å². The van der Waals surface area contributed by atoms with Crippen LogP contribution in [0, 0.1) is 5.82 Å². The van der Waals surface area contributed by atoms with Gasteiger partial charge in [-0.2, -0.15) is 13.2 Å². The minimum Gasteiger partial charge on any atom is -0.393 e. The summed E-state index contributed by atoms with van der Waals surface area (Å²) in [4.78, 5) is 12.6. The van der Waals surface area contributed by atoms with E-state index in [1.165, 1.54) is 30.6 Å². The summed E-state index contributed by atoms with van der Waals surface area (Å²) in [5, 5.41) is 2.95. The van der Waals surface area contributed by atoms with Gasteiger partial charge in [0, 0.05) is 37.6 Å². The molecule has 1 saturated heterocycles. The first-order valence-electron chi connectivity index (χ1n) is 9.61.